The Morgan fingerprint density at radius 3 is 2.54 bits per heavy atom. The van der Waals surface area contributed by atoms with Crippen molar-refractivity contribution in [3.05, 3.63) is 47.1 Å². The number of carbonyl (C=O) groups is 2. The molecule has 0 aliphatic carbocycles. The van der Waals surface area contributed by atoms with Gasteiger partial charge in [0, 0.05) is 24.7 Å². The third-order valence-electron chi connectivity index (χ3n) is 4.23. The fourth-order valence-corrected chi connectivity index (χ4v) is 2.96. The minimum Gasteiger partial charge on any atom is -0.476 e. The van der Waals surface area contributed by atoms with E-state index >= 15 is 0 Å². The van der Waals surface area contributed by atoms with Gasteiger partial charge in [-0.25, -0.2) is 19.2 Å². The number of halogens is 2. The predicted molar refractivity (Wildman–Crippen MR) is 94.0 cm³/mol. The van der Waals surface area contributed by atoms with Crippen LogP contribution in [-0.4, -0.2) is 40.0 Å². The summed E-state index contributed by atoms with van der Waals surface area (Å²) in [7, 11) is 0. The lowest BCUT2D eigenvalue weighted by atomic mass is 9.96. The lowest BCUT2D eigenvalue weighted by Crippen LogP contribution is -2.38. The first-order valence-corrected chi connectivity index (χ1v) is 8.38. The molecule has 7 nitrogen and oxygen atoms in total. The molecule has 0 spiro atoms. The number of carbonyl (C=O) groups excluding carboxylic acids is 1. The van der Waals surface area contributed by atoms with Crippen LogP contribution in [0.25, 0.3) is 0 Å². The van der Waals surface area contributed by atoms with Gasteiger partial charge in [-0.15, -0.1) is 0 Å². The number of piperidine rings is 1. The molecule has 0 unspecified atom stereocenters. The SMILES string of the molecule is O=C(O)c1cnc(N2CCC(C(=O)Nc3ccc(F)c(Cl)c3)CC2)cn1. The van der Waals surface area contributed by atoms with Crippen molar-refractivity contribution < 1.29 is 19.1 Å². The molecule has 1 aromatic heterocycles. The van der Waals surface area contributed by atoms with Gasteiger partial charge in [-0.1, -0.05) is 11.6 Å². The van der Waals surface area contributed by atoms with Crippen LogP contribution < -0.4 is 10.2 Å². The number of carboxylic acid groups (broad SMARTS) is 1. The van der Waals surface area contributed by atoms with Crippen LogP contribution in [0.15, 0.2) is 30.6 Å². The molecule has 1 amide bonds. The Hall–Kier alpha value is -2.74. The van der Waals surface area contributed by atoms with Crippen molar-refractivity contribution in [3.8, 4) is 0 Å². The van der Waals surface area contributed by atoms with Crippen LogP contribution >= 0.6 is 11.6 Å². The molecule has 3 rings (SSSR count). The van der Waals surface area contributed by atoms with E-state index in [9.17, 15) is 14.0 Å². The van der Waals surface area contributed by atoms with Crippen molar-refractivity contribution in [2.75, 3.05) is 23.3 Å². The molecule has 1 fully saturated rings. The zero-order chi connectivity index (χ0) is 18.7. The van der Waals surface area contributed by atoms with Crippen LogP contribution in [-0.2, 0) is 4.79 Å². The molecule has 1 aliphatic rings. The van der Waals surface area contributed by atoms with Crippen LogP contribution in [0, 0.1) is 11.7 Å². The van der Waals surface area contributed by atoms with Gasteiger partial charge < -0.3 is 15.3 Å². The third kappa shape index (κ3) is 4.08. The van der Waals surface area contributed by atoms with E-state index in [1.165, 1.54) is 30.6 Å². The summed E-state index contributed by atoms with van der Waals surface area (Å²) < 4.78 is 13.2. The van der Waals surface area contributed by atoms with Crippen LogP contribution in [0.2, 0.25) is 5.02 Å². The summed E-state index contributed by atoms with van der Waals surface area (Å²) in [5.41, 5.74) is 0.347. The number of nitrogens with one attached hydrogen (secondary N) is 1. The topological polar surface area (TPSA) is 95.4 Å². The van der Waals surface area contributed by atoms with Crippen LogP contribution in [0.4, 0.5) is 15.9 Å². The molecule has 9 heteroatoms. The van der Waals surface area contributed by atoms with E-state index in [2.05, 4.69) is 15.3 Å². The molecule has 2 heterocycles. The van der Waals surface area contributed by atoms with Gasteiger partial charge in [-0.05, 0) is 31.0 Å². The van der Waals surface area contributed by atoms with Crippen molar-refractivity contribution in [3.63, 3.8) is 0 Å². The minimum absolute atomic E-state index is 0.0407. The molecule has 2 aromatic rings. The Morgan fingerprint density at radius 1 is 1.23 bits per heavy atom. The minimum atomic E-state index is -1.12. The Kier molecular flexibility index (Phi) is 5.32. The number of hydrogen-bond acceptors (Lipinski definition) is 5. The Balaban J connectivity index is 1.56. The fraction of sp³-hybridized carbons (Fsp3) is 0.294. The predicted octanol–water partition coefficient (Wildman–Crippen LogP) is 2.82. The zero-order valence-corrected chi connectivity index (χ0v) is 14.4. The highest BCUT2D eigenvalue weighted by atomic mass is 35.5. The standard InChI is InChI=1S/C17H16ClFN4O3/c18-12-7-11(1-2-13(12)19)22-16(24)10-3-5-23(6-4-10)15-9-20-14(8-21-15)17(25)26/h1-2,7-10H,3-6H2,(H,22,24)(H,25,26). The Bertz CT molecular complexity index is 823. The Labute approximate surface area is 153 Å². The van der Waals surface area contributed by atoms with Gasteiger partial charge in [0.2, 0.25) is 5.91 Å². The first-order valence-electron chi connectivity index (χ1n) is 8.00. The second-order valence-electron chi connectivity index (χ2n) is 5.94. The van der Waals surface area contributed by atoms with E-state index in [1.807, 2.05) is 4.90 Å². The molecule has 1 aliphatic heterocycles. The maximum Gasteiger partial charge on any atom is 0.356 e. The number of anilines is 2. The molecule has 0 atom stereocenters. The number of aromatic nitrogens is 2. The van der Waals surface area contributed by atoms with Gasteiger partial charge in [0.25, 0.3) is 0 Å². The van der Waals surface area contributed by atoms with Gasteiger partial charge in [-0.2, -0.15) is 0 Å². The number of carboxylic acids is 1. The van der Waals surface area contributed by atoms with Gasteiger partial charge in [0.15, 0.2) is 5.69 Å². The van der Waals surface area contributed by atoms with Crippen LogP contribution in [0.5, 0.6) is 0 Å². The average Bonchev–Trinajstić information content (AvgIpc) is 2.65. The molecule has 136 valence electrons. The highest BCUT2D eigenvalue weighted by Gasteiger charge is 2.26. The molecule has 0 radical (unpaired) electrons. The van der Waals surface area contributed by atoms with Gasteiger partial charge in [0.1, 0.15) is 11.6 Å². The summed E-state index contributed by atoms with van der Waals surface area (Å²) in [5, 5.41) is 11.6. The van der Waals surface area contributed by atoms with Crippen molar-refractivity contribution in [1.29, 1.82) is 0 Å². The van der Waals surface area contributed by atoms with Gasteiger partial charge >= 0.3 is 5.97 Å². The highest BCUT2D eigenvalue weighted by Crippen LogP contribution is 2.24. The highest BCUT2D eigenvalue weighted by molar-refractivity contribution is 6.31. The van der Waals surface area contributed by atoms with Crippen LogP contribution in [0.3, 0.4) is 0 Å². The molecule has 1 saturated heterocycles. The van der Waals surface area contributed by atoms with Crippen molar-refractivity contribution >= 4 is 35.0 Å². The molecule has 2 N–H and O–H groups in total. The monoisotopic (exact) mass is 378 g/mol. The summed E-state index contributed by atoms with van der Waals surface area (Å²) in [4.78, 5) is 33.1. The number of hydrogen-bond donors (Lipinski definition) is 2. The number of nitrogens with zero attached hydrogens (tertiary/aromatic N) is 3. The molecule has 0 saturated carbocycles. The lowest BCUT2D eigenvalue weighted by molar-refractivity contribution is -0.120. The van der Waals surface area contributed by atoms with Gasteiger partial charge in [0.05, 0.1) is 17.4 Å². The summed E-state index contributed by atoms with van der Waals surface area (Å²) in [5.74, 6) is -1.39. The van der Waals surface area contributed by atoms with E-state index in [1.54, 1.807) is 0 Å². The first-order chi connectivity index (χ1) is 12.4. The largest absolute Gasteiger partial charge is 0.476 e. The number of rotatable bonds is 4. The lowest BCUT2D eigenvalue weighted by Gasteiger charge is -2.31. The van der Waals surface area contributed by atoms with Crippen molar-refractivity contribution in [2.24, 2.45) is 5.92 Å². The summed E-state index contributed by atoms with van der Waals surface area (Å²) in [6.07, 6.45) is 3.87. The first kappa shape index (κ1) is 18.1. The maximum absolute atomic E-state index is 13.2. The normalized spacial score (nSPS) is 14.9. The number of aromatic carboxylic acids is 1. The quantitative estimate of drug-likeness (QED) is 0.849. The maximum atomic E-state index is 13.2. The summed E-state index contributed by atoms with van der Waals surface area (Å²) in [6.45, 7) is 1.20. The van der Waals surface area contributed by atoms with E-state index < -0.39 is 11.8 Å². The van der Waals surface area contributed by atoms with Crippen molar-refractivity contribution in [1.82, 2.24) is 9.97 Å². The molecule has 26 heavy (non-hydrogen) atoms. The summed E-state index contributed by atoms with van der Waals surface area (Å²) in [6, 6.07) is 4.05. The van der Waals surface area contributed by atoms with Gasteiger partial charge in [-0.3, -0.25) is 4.79 Å². The van der Waals surface area contributed by atoms with E-state index in [-0.39, 0.29) is 22.5 Å². The smallest absolute Gasteiger partial charge is 0.356 e. The fourth-order valence-electron chi connectivity index (χ4n) is 2.78. The number of amides is 1. The average molecular weight is 379 g/mol. The molecule has 1 aromatic carbocycles. The number of benzene rings is 1. The van der Waals surface area contributed by atoms with E-state index in [0.29, 0.717) is 37.4 Å². The molecule has 0 bridgehead atoms. The Morgan fingerprint density at radius 2 is 1.96 bits per heavy atom. The zero-order valence-electron chi connectivity index (χ0n) is 13.7. The molecular formula is C17H16ClFN4O3. The van der Waals surface area contributed by atoms with Crippen LogP contribution in [0.1, 0.15) is 23.3 Å². The van der Waals surface area contributed by atoms with E-state index in [4.69, 9.17) is 16.7 Å². The van der Waals surface area contributed by atoms with E-state index in [0.717, 1.165) is 0 Å². The third-order valence-corrected chi connectivity index (χ3v) is 4.52. The summed E-state index contributed by atoms with van der Waals surface area (Å²) >= 11 is 5.72. The molecular weight excluding hydrogens is 363 g/mol. The van der Waals surface area contributed by atoms with Crippen molar-refractivity contribution in [2.45, 2.75) is 12.8 Å². The second kappa shape index (κ2) is 7.65. The second-order valence-corrected chi connectivity index (χ2v) is 6.35.